The van der Waals surface area contributed by atoms with Gasteiger partial charge in [0.15, 0.2) is 0 Å². The Morgan fingerprint density at radius 1 is 1.07 bits per heavy atom. The Hall–Kier alpha value is -0.490. The van der Waals surface area contributed by atoms with Crippen LogP contribution in [-0.4, -0.2) is 5.38 Å². The first kappa shape index (κ1) is 12.6. The normalized spacial score (nSPS) is 12.7. The summed E-state index contributed by atoms with van der Waals surface area (Å²) in [5.41, 5.74) is 1.45. The molecule has 1 atom stereocenters. The van der Waals surface area contributed by atoms with E-state index in [1.165, 1.54) is 37.7 Å². The SMILES string of the molecule is CCC(Cl)CCCCCc1ccccc1. The molecule has 0 aliphatic carbocycles. The third-order valence-corrected chi connectivity index (χ3v) is 3.30. The highest BCUT2D eigenvalue weighted by molar-refractivity contribution is 6.20. The van der Waals surface area contributed by atoms with Crippen LogP contribution in [0.4, 0.5) is 0 Å². The van der Waals surface area contributed by atoms with Crippen molar-refractivity contribution in [2.75, 3.05) is 0 Å². The van der Waals surface area contributed by atoms with Gasteiger partial charge in [0.05, 0.1) is 0 Å². The zero-order valence-electron chi connectivity index (χ0n) is 9.58. The van der Waals surface area contributed by atoms with Gasteiger partial charge in [-0.3, -0.25) is 0 Å². The maximum atomic E-state index is 6.06. The van der Waals surface area contributed by atoms with E-state index in [1.807, 2.05) is 0 Å². The first-order valence-corrected chi connectivity index (χ1v) is 6.44. The first-order valence-electron chi connectivity index (χ1n) is 6.01. The van der Waals surface area contributed by atoms with Crippen molar-refractivity contribution < 1.29 is 0 Å². The van der Waals surface area contributed by atoms with Crippen LogP contribution >= 0.6 is 11.6 Å². The zero-order chi connectivity index (χ0) is 10.9. The maximum absolute atomic E-state index is 6.06. The lowest BCUT2D eigenvalue weighted by Crippen LogP contribution is -1.95. The predicted molar refractivity (Wildman–Crippen MR) is 68.5 cm³/mol. The van der Waals surface area contributed by atoms with Crippen LogP contribution in [0.25, 0.3) is 0 Å². The lowest BCUT2D eigenvalue weighted by molar-refractivity contribution is 0.612. The van der Waals surface area contributed by atoms with Crippen molar-refractivity contribution in [1.29, 1.82) is 0 Å². The molecule has 0 heterocycles. The molecule has 0 fully saturated rings. The summed E-state index contributed by atoms with van der Waals surface area (Å²) in [7, 11) is 0. The van der Waals surface area contributed by atoms with Crippen LogP contribution in [0.15, 0.2) is 30.3 Å². The molecule has 0 nitrogen and oxygen atoms in total. The molecule has 0 saturated heterocycles. The third-order valence-electron chi connectivity index (χ3n) is 2.77. The summed E-state index contributed by atoms with van der Waals surface area (Å²) < 4.78 is 0. The summed E-state index contributed by atoms with van der Waals surface area (Å²) in [6.45, 7) is 2.15. The van der Waals surface area contributed by atoms with Gasteiger partial charge in [0.1, 0.15) is 0 Å². The summed E-state index contributed by atoms with van der Waals surface area (Å²) in [6, 6.07) is 10.7. The van der Waals surface area contributed by atoms with Crippen LogP contribution in [0, 0.1) is 0 Å². The number of unbranched alkanes of at least 4 members (excludes halogenated alkanes) is 2. The van der Waals surface area contributed by atoms with E-state index in [-0.39, 0.29) is 0 Å². The van der Waals surface area contributed by atoms with Gasteiger partial charge in [-0.1, -0.05) is 50.1 Å². The molecule has 1 rings (SSSR count). The Morgan fingerprint density at radius 2 is 1.80 bits per heavy atom. The second kappa shape index (κ2) is 7.76. The number of rotatable bonds is 7. The Bertz CT molecular complexity index is 243. The van der Waals surface area contributed by atoms with Gasteiger partial charge in [0.2, 0.25) is 0 Å². The molecule has 84 valence electrons. The van der Waals surface area contributed by atoms with E-state index in [0.717, 1.165) is 6.42 Å². The molecule has 1 heteroatoms. The molecule has 15 heavy (non-hydrogen) atoms. The van der Waals surface area contributed by atoms with E-state index >= 15 is 0 Å². The minimum Gasteiger partial charge on any atom is -0.123 e. The Kier molecular flexibility index (Phi) is 6.50. The summed E-state index contributed by atoms with van der Waals surface area (Å²) in [6.07, 6.45) is 7.34. The summed E-state index contributed by atoms with van der Waals surface area (Å²) in [5.74, 6) is 0. The fraction of sp³-hybridized carbons (Fsp3) is 0.571. The van der Waals surface area contributed by atoms with Crippen molar-refractivity contribution in [3.05, 3.63) is 35.9 Å². The summed E-state index contributed by atoms with van der Waals surface area (Å²) in [5, 5.41) is 0.390. The van der Waals surface area contributed by atoms with E-state index in [4.69, 9.17) is 11.6 Å². The van der Waals surface area contributed by atoms with Gasteiger partial charge in [-0.15, -0.1) is 11.6 Å². The number of benzene rings is 1. The fourth-order valence-corrected chi connectivity index (χ4v) is 1.87. The van der Waals surface area contributed by atoms with Crippen molar-refractivity contribution in [2.45, 2.75) is 50.8 Å². The Morgan fingerprint density at radius 3 is 2.47 bits per heavy atom. The lowest BCUT2D eigenvalue weighted by Gasteiger charge is -2.05. The van der Waals surface area contributed by atoms with E-state index in [1.54, 1.807) is 0 Å². The van der Waals surface area contributed by atoms with Gasteiger partial charge in [-0.05, 0) is 31.2 Å². The van der Waals surface area contributed by atoms with Crippen molar-refractivity contribution >= 4 is 11.6 Å². The highest BCUT2D eigenvalue weighted by atomic mass is 35.5. The minimum atomic E-state index is 0.390. The molecule has 0 radical (unpaired) electrons. The van der Waals surface area contributed by atoms with E-state index in [0.29, 0.717) is 5.38 Å². The summed E-state index contributed by atoms with van der Waals surface area (Å²) in [4.78, 5) is 0. The smallest absolute Gasteiger partial charge is 0.0333 e. The molecule has 0 saturated carbocycles. The fourth-order valence-electron chi connectivity index (χ4n) is 1.72. The summed E-state index contributed by atoms with van der Waals surface area (Å²) >= 11 is 6.06. The molecular weight excluding hydrogens is 204 g/mol. The Labute approximate surface area is 98.7 Å². The van der Waals surface area contributed by atoms with Crippen LogP contribution in [-0.2, 0) is 6.42 Å². The van der Waals surface area contributed by atoms with Crippen molar-refractivity contribution in [3.63, 3.8) is 0 Å². The van der Waals surface area contributed by atoms with Gasteiger partial charge >= 0.3 is 0 Å². The highest BCUT2D eigenvalue weighted by Crippen LogP contribution is 2.13. The number of alkyl halides is 1. The molecule has 1 unspecified atom stereocenters. The van der Waals surface area contributed by atoms with E-state index in [2.05, 4.69) is 37.3 Å². The average molecular weight is 225 g/mol. The monoisotopic (exact) mass is 224 g/mol. The lowest BCUT2D eigenvalue weighted by atomic mass is 10.1. The van der Waals surface area contributed by atoms with E-state index < -0.39 is 0 Å². The van der Waals surface area contributed by atoms with Crippen molar-refractivity contribution in [3.8, 4) is 0 Å². The topological polar surface area (TPSA) is 0 Å². The molecule has 1 aromatic carbocycles. The quantitative estimate of drug-likeness (QED) is 0.461. The van der Waals surface area contributed by atoms with Crippen LogP contribution in [0.3, 0.4) is 0 Å². The number of aryl methyl sites for hydroxylation is 1. The van der Waals surface area contributed by atoms with Gasteiger partial charge in [-0.2, -0.15) is 0 Å². The third kappa shape index (κ3) is 5.84. The van der Waals surface area contributed by atoms with Crippen LogP contribution in [0.2, 0.25) is 0 Å². The predicted octanol–water partition coefficient (Wildman–Crippen LogP) is 4.81. The van der Waals surface area contributed by atoms with Crippen LogP contribution in [0.1, 0.15) is 44.6 Å². The van der Waals surface area contributed by atoms with Gasteiger partial charge in [0, 0.05) is 5.38 Å². The number of hydrogen-bond acceptors (Lipinski definition) is 0. The van der Waals surface area contributed by atoms with Crippen LogP contribution in [0.5, 0.6) is 0 Å². The standard InChI is InChI=1S/C14H21Cl/c1-2-14(15)12-8-4-7-11-13-9-5-3-6-10-13/h3,5-6,9-10,14H,2,4,7-8,11-12H2,1H3. The van der Waals surface area contributed by atoms with Crippen molar-refractivity contribution in [2.24, 2.45) is 0 Å². The molecule has 0 amide bonds. The number of halogens is 1. The van der Waals surface area contributed by atoms with Gasteiger partial charge in [0.25, 0.3) is 0 Å². The Balaban J connectivity index is 2.03. The van der Waals surface area contributed by atoms with Gasteiger partial charge in [-0.25, -0.2) is 0 Å². The van der Waals surface area contributed by atoms with Crippen molar-refractivity contribution in [1.82, 2.24) is 0 Å². The average Bonchev–Trinajstić information content (AvgIpc) is 2.29. The molecule has 0 aromatic heterocycles. The highest BCUT2D eigenvalue weighted by Gasteiger charge is 2.00. The van der Waals surface area contributed by atoms with Gasteiger partial charge < -0.3 is 0 Å². The number of hydrogen-bond donors (Lipinski definition) is 0. The molecule has 1 aromatic rings. The second-order valence-corrected chi connectivity index (χ2v) is 4.71. The molecule has 0 aliphatic rings. The largest absolute Gasteiger partial charge is 0.123 e. The molecular formula is C14H21Cl. The molecule has 0 N–H and O–H groups in total. The van der Waals surface area contributed by atoms with E-state index in [9.17, 15) is 0 Å². The minimum absolute atomic E-state index is 0.390. The molecule has 0 spiro atoms. The maximum Gasteiger partial charge on any atom is 0.0333 e. The first-order chi connectivity index (χ1) is 7.33. The molecule has 0 aliphatic heterocycles. The second-order valence-electron chi connectivity index (χ2n) is 4.09. The molecule has 0 bridgehead atoms. The zero-order valence-corrected chi connectivity index (χ0v) is 10.3. The van der Waals surface area contributed by atoms with Crippen LogP contribution < -0.4 is 0 Å².